The summed E-state index contributed by atoms with van der Waals surface area (Å²) in [6.45, 7) is 1.45. The molecule has 3 rings (SSSR count). The summed E-state index contributed by atoms with van der Waals surface area (Å²) in [6, 6.07) is 13.9. The summed E-state index contributed by atoms with van der Waals surface area (Å²) >= 11 is 1.67. The summed E-state index contributed by atoms with van der Waals surface area (Å²) in [5.41, 5.74) is 1.26. The van der Waals surface area contributed by atoms with E-state index in [4.69, 9.17) is 4.74 Å². The molecule has 120 valence electrons. The molecule has 0 spiro atoms. The van der Waals surface area contributed by atoms with Crippen molar-refractivity contribution in [2.24, 2.45) is 0 Å². The molecule has 23 heavy (non-hydrogen) atoms. The Hall–Kier alpha value is -2.01. The lowest BCUT2D eigenvalue weighted by molar-refractivity contribution is -0.127. The number of hydrogen-bond donors (Lipinski definition) is 0. The van der Waals surface area contributed by atoms with E-state index in [1.807, 2.05) is 35.2 Å². The maximum atomic E-state index is 12.3. The minimum Gasteiger partial charge on any atom is -0.488 e. The molecule has 0 saturated carbocycles. The second kappa shape index (κ2) is 8.02. The van der Waals surface area contributed by atoms with Crippen LogP contribution in [0.2, 0.25) is 0 Å². The van der Waals surface area contributed by atoms with Crippen LogP contribution in [0.15, 0.2) is 54.9 Å². The number of benzene rings is 1. The van der Waals surface area contributed by atoms with Gasteiger partial charge < -0.3 is 9.64 Å². The third kappa shape index (κ3) is 4.73. The number of aromatic nitrogens is 1. The van der Waals surface area contributed by atoms with Crippen molar-refractivity contribution < 1.29 is 9.53 Å². The van der Waals surface area contributed by atoms with Crippen LogP contribution in [-0.4, -0.2) is 40.7 Å². The Kier molecular flexibility index (Phi) is 5.53. The summed E-state index contributed by atoms with van der Waals surface area (Å²) in [6.07, 6.45) is 4.40. The molecular formula is C18H20N2O2S. The number of carbonyl (C=O) groups excluding carboxylic acids is 1. The van der Waals surface area contributed by atoms with Gasteiger partial charge in [-0.1, -0.05) is 30.3 Å². The van der Waals surface area contributed by atoms with Gasteiger partial charge in [0.1, 0.15) is 11.9 Å². The Labute approximate surface area is 140 Å². The first-order valence-electron chi connectivity index (χ1n) is 7.77. The average Bonchev–Trinajstić information content (AvgIpc) is 3.05. The standard InChI is InChI=1S/C18H20N2O2S/c21-18(14-23-13-15-4-2-1-3-5-15)20-11-8-17(12-20)22-16-6-9-19-10-7-16/h1-7,9-10,17H,8,11-14H2/t17-/m1/s1. The first-order chi connectivity index (χ1) is 11.3. The van der Waals surface area contributed by atoms with E-state index in [-0.39, 0.29) is 12.0 Å². The molecule has 1 saturated heterocycles. The molecule has 5 heteroatoms. The lowest BCUT2D eigenvalue weighted by atomic mass is 10.2. The molecule has 2 heterocycles. The minimum atomic E-state index is 0.0838. The zero-order valence-corrected chi connectivity index (χ0v) is 13.7. The number of ether oxygens (including phenoxy) is 1. The molecule has 2 aromatic rings. The second-order valence-corrected chi connectivity index (χ2v) is 6.52. The third-order valence-corrected chi connectivity index (χ3v) is 4.78. The van der Waals surface area contributed by atoms with Crippen LogP contribution < -0.4 is 4.74 Å². The van der Waals surface area contributed by atoms with Crippen LogP contribution in [0.4, 0.5) is 0 Å². The van der Waals surface area contributed by atoms with Crippen LogP contribution in [0.3, 0.4) is 0 Å². The van der Waals surface area contributed by atoms with Crippen molar-refractivity contribution in [2.75, 3.05) is 18.8 Å². The Balaban J connectivity index is 1.41. The number of pyridine rings is 1. The van der Waals surface area contributed by atoms with Gasteiger partial charge in [0.05, 0.1) is 12.3 Å². The molecule has 0 radical (unpaired) electrons. The highest BCUT2D eigenvalue weighted by molar-refractivity contribution is 7.99. The molecule has 1 atom stereocenters. The summed E-state index contributed by atoms with van der Waals surface area (Å²) in [4.78, 5) is 18.2. The van der Waals surface area contributed by atoms with E-state index in [2.05, 4.69) is 17.1 Å². The highest BCUT2D eigenvalue weighted by Crippen LogP contribution is 2.19. The van der Waals surface area contributed by atoms with Crippen LogP contribution in [-0.2, 0) is 10.5 Å². The van der Waals surface area contributed by atoms with Gasteiger partial charge in [0, 0.05) is 31.1 Å². The fourth-order valence-electron chi connectivity index (χ4n) is 2.58. The van der Waals surface area contributed by atoms with Gasteiger partial charge >= 0.3 is 0 Å². The summed E-state index contributed by atoms with van der Waals surface area (Å²) in [7, 11) is 0. The highest BCUT2D eigenvalue weighted by Gasteiger charge is 2.27. The Morgan fingerprint density at radius 2 is 2.00 bits per heavy atom. The normalized spacial score (nSPS) is 17.2. The summed E-state index contributed by atoms with van der Waals surface area (Å²) < 4.78 is 5.89. The van der Waals surface area contributed by atoms with Crippen molar-refractivity contribution in [3.05, 3.63) is 60.4 Å². The molecule has 1 aromatic heterocycles. The number of hydrogen-bond acceptors (Lipinski definition) is 4. The van der Waals surface area contributed by atoms with E-state index in [1.165, 1.54) is 5.56 Å². The van der Waals surface area contributed by atoms with Crippen molar-refractivity contribution in [2.45, 2.75) is 18.3 Å². The van der Waals surface area contributed by atoms with Crippen molar-refractivity contribution in [3.8, 4) is 5.75 Å². The number of amides is 1. The van der Waals surface area contributed by atoms with Gasteiger partial charge in [-0.3, -0.25) is 9.78 Å². The molecule has 0 N–H and O–H groups in total. The van der Waals surface area contributed by atoms with Crippen molar-refractivity contribution in [1.29, 1.82) is 0 Å². The number of carbonyl (C=O) groups is 1. The fourth-order valence-corrected chi connectivity index (χ4v) is 3.47. The topological polar surface area (TPSA) is 42.4 Å². The van der Waals surface area contributed by atoms with Gasteiger partial charge in [0.15, 0.2) is 0 Å². The highest BCUT2D eigenvalue weighted by atomic mass is 32.2. The first kappa shape index (κ1) is 15.9. The number of rotatable bonds is 6. The van der Waals surface area contributed by atoms with E-state index < -0.39 is 0 Å². The minimum absolute atomic E-state index is 0.0838. The Morgan fingerprint density at radius 1 is 1.22 bits per heavy atom. The predicted molar refractivity (Wildman–Crippen MR) is 92.5 cm³/mol. The van der Waals surface area contributed by atoms with Crippen LogP contribution in [0, 0.1) is 0 Å². The van der Waals surface area contributed by atoms with Gasteiger partial charge in [-0.25, -0.2) is 0 Å². The van der Waals surface area contributed by atoms with E-state index in [1.54, 1.807) is 24.2 Å². The molecule has 0 unspecified atom stereocenters. The SMILES string of the molecule is O=C(CSCc1ccccc1)N1CC[C@@H](Oc2ccncc2)C1. The van der Waals surface area contributed by atoms with Gasteiger partial charge in [-0.2, -0.15) is 0 Å². The van der Waals surface area contributed by atoms with Gasteiger partial charge in [0.2, 0.25) is 5.91 Å². The van der Waals surface area contributed by atoms with E-state index in [0.29, 0.717) is 12.3 Å². The predicted octanol–water partition coefficient (Wildman–Crippen LogP) is 2.99. The van der Waals surface area contributed by atoms with Crippen molar-refractivity contribution in [3.63, 3.8) is 0 Å². The molecule has 1 amide bonds. The van der Waals surface area contributed by atoms with Crippen molar-refractivity contribution in [1.82, 2.24) is 9.88 Å². The third-order valence-electron chi connectivity index (χ3n) is 3.79. The zero-order valence-electron chi connectivity index (χ0n) is 12.9. The molecule has 1 aliphatic rings. The largest absolute Gasteiger partial charge is 0.488 e. The van der Waals surface area contributed by atoms with Crippen molar-refractivity contribution >= 4 is 17.7 Å². The maximum Gasteiger partial charge on any atom is 0.232 e. The lowest BCUT2D eigenvalue weighted by Crippen LogP contribution is -2.32. The van der Waals surface area contributed by atoms with Gasteiger partial charge in [0.25, 0.3) is 0 Å². The maximum absolute atomic E-state index is 12.3. The number of nitrogens with zero attached hydrogens (tertiary/aromatic N) is 2. The molecule has 4 nitrogen and oxygen atoms in total. The Bertz CT molecular complexity index is 621. The fraction of sp³-hybridized carbons (Fsp3) is 0.333. The first-order valence-corrected chi connectivity index (χ1v) is 8.93. The summed E-state index contributed by atoms with van der Waals surface area (Å²) in [5, 5.41) is 0. The molecule has 0 aliphatic carbocycles. The average molecular weight is 328 g/mol. The van der Waals surface area contributed by atoms with E-state index in [0.717, 1.165) is 24.5 Å². The molecule has 1 aliphatic heterocycles. The second-order valence-electron chi connectivity index (χ2n) is 5.53. The zero-order chi connectivity index (χ0) is 15.9. The monoisotopic (exact) mass is 328 g/mol. The molecule has 1 aromatic carbocycles. The van der Waals surface area contributed by atoms with Crippen LogP contribution >= 0.6 is 11.8 Å². The van der Waals surface area contributed by atoms with Crippen LogP contribution in [0.1, 0.15) is 12.0 Å². The van der Waals surface area contributed by atoms with Gasteiger partial charge in [-0.05, 0) is 17.7 Å². The smallest absolute Gasteiger partial charge is 0.232 e. The van der Waals surface area contributed by atoms with E-state index >= 15 is 0 Å². The Morgan fingerprint density at radius 3 is 2.78 bits per heavy atom. The van der Waals surface area contributed by atoms with E-state index in [9.17, 15) is 4.79 Å². The molecular weight excluding hydrogens is 308 g/mol. The number of thioether (sulfide) groups is 1. The van der Waals surface area contributed by atoms with Crippen LogP contribution in [0.25, 0.3) is 0 Å². The lowest BCUT2D eigenvalue weighted by Gasteiger charge is -2.17. The molecule has 0 bridgehead atoms. The number of likely N-dealkylation sites (tertiary alicyclic amines) is 1. The van der Waals surface area contributed by atoms with Crippen LogP contribution in [0.5, 0.6) is 5.75 Å². The van der Waals surface area contributed by atoms with Gasteiger partial charge in [-0.15, -0.1) is 11.8 Å². The molecule has 1 fully saturated rings. The quantitative estimate of drug-likeness (QED) is 0.817. The summed E-state index contributed by atoms with van der Waals surface area (Å²) in [5.74, 6) is 2.42.